The number of rotatable bonds is 4. The molecule has 0 radical (unpaired) electrons. The van der Waals surface area contributed by atoms with E-state index in [0.29, 0.717) is 5.69 Å². The molecule has 0 spiro atoms. The minimum atomic E-state index is -0.144. The lowest BCUT2D eigenvalue weighted by molar-refractivity contribution is 0.101. The van der Waals surface area contributed by atoms with Crippen molar-refractivity contribution in [2.24, 2.45) is 0 Å². The van der Waals surface area contributed by atoms with Crippen molar-refractivity contribution in [1.82, 2.24) is 19.6 Å². The van der Waals surface area contributed by atoms with Crippen molar-refractivity contribution in [3.05, 3.63) is 59.1 Å². The van der Waals surface area contributed by atoms with Gasteiger partial charge in [0.25, 0.3) is 5.91 Å². The predicted molar refractivity (Wildman–Crippen MR) is 91.8 cm³/mol. The van der Waals surface area contributed by atoms with Crippen LogP contribution in [0.1, 0.15) is 30.4 Å². The fraction of sp³-hybridized carbons (Fsp3) is 0.188. The summed E-state index contributed by atoms with van der Waals surface area (Å²) in [4.78, 5) is 14.0. The zero-order valence-corrected chi connectivity index (χ0v) is 14.4. The van der Waals surface area contributed by atoms with Gasteiger partial charge in [-0.2, -0.15) is 15.0 Å². The van der Waals surface area contributed by atoms with Crippen LogP contribution in [-0.2, 0) is 0 Å². The molecule has 1 amide bonds. The highest BCUT2D eigenvalue weighted by Gasteiger charge is 2.15. The van der Waals surface area contributed by atoms with Crippen molar-refractivity contribution in [1.29, 1.82) is 0 Å². The van der Waals surface area contributed by atoms with Gasteiger partial charge in [0, 0.05) is 22.4 Å². The third kappa shape index (κ3) is 3.34. The number of hydrogen-bond acceptors (Lipinski definition) is 3. The molecule has 1 N–H and O–H groups in total. The van der Waals surface area contributed by atoms with Gasteiger partial charge >= 0.3 is 0 Å². The maximum absolute atomic E-state index is 12.5. The van der Waals surface area contributed by atoms with Crippen LogP contribution in [0.25, 0.3) is 5.69 Å². The molecular formula is C16H16BrN5O. The number of nitrogens with one attached hydrogen (secondary N) is 1. The van der Waals surface area contributed by atoms with Crippen molar-refractivity contribution in [2.75, 3.05) is 5.32 Å². The van der Waals surface area contributed by atoms with Crippen molar-refractivity contribution >= 4 is 27.5 Å². The molecule has 0 aliphatic heterocycles. The first-order valence-electron chi connectivity index (χ1n) is 7.20. The van der Waals surface area contributed by atoms with Crippen molar-refractivity contribution in [3.8, 4) is 5.69 Å². The molecule has 2 heterocycles. The molecule has 1 aromatic carbocycles. The van der Waals surface area contributed by atoms with E-state index in [0.717, 1.165) is 15.8 Å². The number of carbonyl (C=O) groups excluding carboxylic acids is 1. The summed E-state index contributed by atoms with van der Waals surface area (Å²) in [5, 5.41) is 11.0. The zero-order chi connectivity index (χ0) is 16.4. The molecule has 0 fully saturated rings. The third-order valence-electron chi connectivity index (χ3n) is 3.38. The Hall–Kier alpha value is -2.41. The van der Waals surface area contributed by atoms with E-state index in [-0.39, 0.29) is 11.9 Å². The average Bonchev–Trinajstić information content (AvgIpc) is 3.17. The van der Waals surface area contributed by atoms with E-state index in [9.17, 15) is 4.79 Å². The van der Waals surface area contributed by atoms with Crippen LogP contribution >= 0.6 is 15.9 Å². The van der Waals surface area contributed by atoms with Gasteiger partial charge < -0.3 is 9.88 Å². The second-order valence-electron chi connectivity index (χ2n) is 5.36. The zero-order valence-electron chi connectivity index (χ0n) is 12.8. The Bertz CT molecular complexity index is 806. The molecular weight excluding hydrogens is 358 g/mol. The number of amides is 1. The molecule has 7 heteroatoms. The van der Waals surface area contributed by atoms with E-state index in [1.54, 1.807) is 12.4 Å². The van der Waals surface area contributed by atoms with Gasteiger partial charge in [0.15, 0.2) is 0 Å². The highest BCUT2D eigenvalue weighted by Crippen LogP contribution is 2.21. The highest BCUT2D eigenvalue weighted by molar-refractivity contribution is 9.10. The molecule has 3 aromatic rings. The Labute approximate surface area is 142 Å². The SMILES string of the molecule is CC(C)n1cc(Br)cc1C(=O)Nc1ccc(-n2nccn2)cc1. The summed E-state index contributed by atoms with van der Waals surface area (Å²) in [5.74, 6) is -0.144. The first-order chi connectivity index (χ1) is 11.0. The van der Waals surface area contributed by atoms with Crippen LogP contribution in [0.5, 0.6) is 0 Å². The first-order valence-corrected chi connectivity index (χ1v) is 7.99. The summed E-state index contributed by atoms with van der Waals surface area (Å²) < 4.78 is 2.82. The first kappa shape index (κ1) is 15.5. The summed E-state index contributed by atoms with van der Waals surface area (Å²) in [7, 11) is 0. The van der Waals surface area contributed by atoms with Gasteiger partial charge in [0.1, 0.15) is 5.69 Å². The summed E-state index contributed by atoms with van der Waals surface area (Å²) >= 11 is 3.42. The van der Waals surface area contributed by atoms with Crippen LogP contribution < -0.4 is 5.32 Å². The van der Waals surface area contributed by atoms with E-state index < -0.39 is 0 Å². The molecule has 23 heavy (non-hydrogen) atoms. The van der Waals surface area contributed by atoms with Gasteiger partial charge in [-0.1, -0.05) is 0 Å². The smallest absolute Gasteiger partial charge is 0.272 e. The number of carbonyl (C=O) groups is 1. The molecule has 0 unspecified atom stereocenters. The molecule has 2 aromatic heterocycles. The standard InChI is InChI=1S/C16H16BrN5O/c1-11(2)21-10-12(17)9-15(21)16(23)20-13-3-5-14(6-4-13)22-18-7-8-19-22/h3-11H,1-2H3,(H,20,23). The lowest BCUT2D eigenvalue weighted by Gasteiger charge is -2.13. The number of anilines is 1. The Balaban J connectivity index is 1.78. The van der Waals surface area contributed by atoms with E-state index in [1.807, 2.05) is 54.9 Å². The fourth-order valence-electron chi connectivity index (χ4n) is 2.28. The normalized spacial score (nSPS) is 11.0. The summed E-state index contributed by atoms with van der Waals surface area (Å²) in [6, 6.07) is 9.38. The van der Waals surface area contributed by atoms with Gasteiger partial charge in [-0.3, -0.25) is 4.79 Å². The predicted octanol–water partition coefficient (Wildman–Crippen LogP) is 3.66. The summed E-state index contributed by atoms with van der Waals surface area (Å²) in [6.45, 7) is 4.07. The Morgan fingerprint density at radius 3 is 2.43 bits per heavy atom. The topological polar surface area (TPSA) is 64.7 Å². The average molecular weight is 374 g/mol. The molecule has 3 rings (SSSR count). The Kier molecular flexibility index (Phi) is 4.29. The maximum Gasteiger partial charge on any atom is 0.272 e. The number of nitrogens with zero attached hydrogens (tertiary/aromatic N) is 4. The number of hydrogen-bond donors (Lipinski definition) is 1. The van der Waals surface area contributed by atoms with Gasteiger partial charge in [-0.05, 0) is 60.1 Å². The summed E-state index contributed by atoms with van der Waals surface area (Å²) in [6.07, 6.45) is 5.15. The quantitative estimate of drug-likeness (QED) is 0.758. The van der Waals surface area contributed by atoms with Crippen LogP contribution in [-0.4, -0.2) is 25.5 Å². The van der Waals surface area contributed by atoms with Crippen LogP contribution in [0, 0.1) is 0 Å². The molecule has 0 bridgehead atoms. The molecule has 0 aliphatic carbocycles. The largest absolute Gasteiger partial charge is 0.340 e. The van der Waals surface area contributed by atoms with Crippen molar-refractivity contribution in [3.63, 3.8) is 0 Å². The van der Waals surface area contributed by atoms with Crippen LogP contribution in [0.15, 0.2) is 53.4 Å². The van der Waals surface area contributed by atoms with E-state index in [4.69, 9.17) is 0 Å². The third-order valence-corrected chi connectivity index (χ3v) is 3.81. The second-order valence-corrected chi connectivity index (χ2v) is 6.28. The molecule has 6 nitrogen and oxygen atoms in total. The lowest BCUT2D eigenvalue weighted by Crippen LogP contribution is -2.17. The lowest BCUT2D eigenvalue weighted by atomic mass is 10.2. The minimum Gasteiger partial charge on any atom is -0.340 e. The van der Waals surface area contributed by atoms with Crippen molar-refractivity contribution in [2.45, 2.75) is 19.9 Å². The molecule has 0 atom stereocenters. The van der Waals surface area contributed by atoms with E-state index in [2.05, 4.69) is 31.4 Å². The molecule has 118 valence electrons. The Morgan fingerprint density at radius 2 is 1.83 bits per heavy atom. The molecule has 0 saturated carbocycles. The second kappa shape index (κ2) is 6.37. The van der Waals surface area contributed by atoms with Crippen LogP contribution in [0.4, 0.5) is 5.69 Å². The van der Waals surface area contributed by atoms with Gasteiger partial charge in [-0.15, -0.1) is 0 Å². The number of halogens is 1. The van der Waals surface area contributed by atoms with E-state index >= 15 is 0 Å². The van der Waals surface area contributed by atoms with Crippen LogP contribution in [0.2, 0.25) is 0 Å². The number of aromatic nitrogens is 4. The van der Waals surface area contributed by atoms with Crippen molar-refractivity contribution < 1.29 is 4.79 Å². The monoisotopic (exact) mass is 373 g/mol. The van der Waals surface area contributed by atoms with Gasteiger partial charge in [0.2, 0.25) is 0 Å². The van der Waals surface area contributed by atoms with Crippen LogP contribution in [0.3, 0.4) is 0 Å². The molecule has 0 aliphatic rings. The molecule has 0 saturated heterocycles. The highest BCUT2D eigenvalue weighted by atomic mass is 79.9. The summed E-state index contributed by atoms with van der Waals surface area (Å²) in [5.41, 5.74) is 2.17. The Morgan fingerprint density at radius 1 is 1.17 bits per heavy atom. The van der Waals surface area contributed by atoms with E-state index in [1.165, 1.54) is 4.80 Å². The fourth-order valence-corrected chi connectivity index (χ4v) is 2.71. The number of benzene rings is 1. The maximum atomic E-state index is 12.5. The van der Waals surface area contributed by atoms with Gasteiger partial charge in [0.05, 0.1) is 18.1 Å². The van der Waals surface area contributed by atoms with Gasteiger partial charge in [-0.25, -0.2) is 0 Å². The minimum absolute atomic E-state index is 0.144.